The van der Waals surface area contributed by atoms with E-state index in [1.54, 1.807) is 6.92 Å². The first-order valence-corrected chi connectivity index (χ1v) is 5.96. The Hall–Kier alpha value is -0.580. The molecular formula is C10H15ClN2OS. The van der Waals surface area contributed by atoms with Crippen LogP contribution in [0.3, 0.4) is 0 Å². The van der Waals surface area contributed by atoms with Gasteiger partial charge in [-0.1, -0.05) is 18.5 Å². The number of thiophene rings is 1. The van der Waals surface area contributed by atoms with Crippen LogP contribution in [0.25, 0.3) is 0 Å². The van der Waals surface area contributed by atoms with Crippen molar-refractivity contribution in [1.29, 1.82) is 0 Å². The van der Waals surface area contributed by atoms with Crippen molar-refractivity contribution >= 4 is 28.8 Å². The second kappa shape index (κ2) is 4.96. The smallest absolute Gasteiger partial charge is 0.240 e. The topological polar surface area (TPSA) is 55.1 Å². The third kappa shape index (κ3) is 3.48. The maximum atomic E-state index is 11.6. The summed E-state index contributed by atoms with van der Waals surface area (Å²) in [5, 5.41) is 2.79. The van der Waals surface area contributed by atoms with Gasteiger partial charge in [0.05, 0.1) is 16.4 Å². The molecule has 1 unspecified atom stereocenters. The second-order valence-electron chi connectivity index (χ2n) is 3.66. The summed E-state index contributed by atoms with van der Waals surface area (Å²) in [6, 6.07) is 3.71. The van der Waals surface area contributed by atoms with Crippen LogP contribution >= 0.6 is 22.9 Å². The molecule has 84 valence electrons. The van der Waals surface area contributed by atoms with E-state index in [2.05, 4.69) is 5.32 Å². The lowest BCUT2D eigenvalue weighted by Gasteiger charge is -2.21. The minimum absolute atomic E-state index is 0.130. The first kappa shape index (κ1) is 12.5. The zero-order valence-corrected chi connectivity index (χ0v) is 10.4. The van der Waals surface area contributed by atoms with Gasteiger partial charge >= 0.3 is 0 Å². The van der Waals surface area contributed by atoms with Crippen molar-refractivity contribution < 1.29 is 4.79 Å². The SMILES string of the molecule is CCC(C)(N)C(=O)NCc1ccc(Cl)s1. The van der Waals surface area contributed by atoms with E-state index in [0.717, 1.165) is 9.21 Å². The minimum Gasteiger partial charge on any atom is -0.350 e. The Morgan fingerprint density at radius 3 is 2.80 bits per heavy atom. The molecule has 0 aliphatic carbocycles. The van der Waals surface area contributed by atoms with E-state index in [9.17, 15) is 4.79 Å². The summed E-state index contributed by atoms with van der Waals surface area (Å²) < 4.78 is 0.727. The molecule has 5 heteroatoms. The van der Waals surface area contributed by atoms with Crippen molar-refractivity contribution in [2.24, 2.45) is 5.73 Å². The molecule has 3 nitrogen and oxygen atoms in total. The third-order valence-corrected chi connectivity index (χ3v) is 3.54. The quantitative estimate of drug-likeness (QED) is 0.855. The van der Waals surface area contributed by atoms with Gasteiger partial charge in [0.15, 0.2) is 0 Å². The number of halogens is 1. The number of hydrogen-bond donors (Lipinski definition) is 2. The van der Waals surface area contributed by atoms with Gasteiger partial charge in [0.1, 0.15) is 0 Å². The zero-order valence-electron chi connectivity index (χ0n) is 8.84. The predicted octanol–water partition coefficient (Wildman–Crippen LogP) is 2.15. The Kier molecular flexibility index (Phi) is 4.13. The molecule has 0 aromatic carbocycles. The summed E-state index contributed by atoms with van der Waals surface area (Å²) in [5.41, 5.74) is 5.00. The molecule has 1 atom stereocenters. The summed E-state index contributed by atoms with van der Waals surface area (Å²) >= 11 is 7.23. The molecule has 0 aliphatic heterocycles. The van der Waals surface area contributed by atoms with Crippen LogP contribution in [0.4, 0.5) is 0 Å². The van der Waals surface area contributed by atoms with E-state index < -0.39 is 5.54 Å². The van der Waals surface area contributed by atoms with Gasteiger partial charge in [0.25, 0.3) is 0 Å². The number of rotatable bonds is 4. The maximum absolute atomic E-state index is 11.6. The Morgan fingerprint density at radius 1 is 1.67 bits per heavy atom. The molecule has 15 heavy (non-hydrogen) atoms. The molecule has 0 bridgehead atoms. The monoisotopic (exact) mass is 246 g/mol. The van der Waals surface area contributed by atoms with Crippen molar-refractivity contribution in [2.45, 2.75) is 32.4 Å². The van der Waals surface area contributed by atoms with Gasteiger partial charge in [0.2, 0.25) is 5.91 Å². The molecule has 1 heterocycles. The van der Waals surface area contributed by atoms with E-state index in [1.165, 1.54) is 11.3 Å². The highest BCUT2D eigenvalue weighted by Crippen LogP contribution is 2.21. The van der Waals surface area contributed by atoms with E-state index in [4.69, 9.17) is 17.3 Å². The summed E-state index contributed by atoms with van der Waals surface area (Å²) in [5.74, 6) is -0.130. The maximum Gasteiger partial charge on any atom is 0.240 e. The Labute approximate surface area is 98.6 Å². The number of carbonyl (C=O) groups excluding carboxylic acids is 1. The minimum atomic E-state index is -0.791. The fourth-order valence-electron chi connectivity index (χ4n) is 0.977. The van der Waals surface area contributed by atoms with Gasteiger partial charge in [-0.2, -0.15) is 0 Å². The predicted molar refractivity (Wildman–Crippen MR) is 64.1 cm³/mol. The molecule has 0 saturated carbocycles. The van der Waals surface area contributed by atoms with Crippen molar-refractivity contribution in [1.82, 2.24) is 5.32 Å². The normalized spacial score (nSPS) is 14.7. The number of nitrogens with one attached hydrogen (secondary N) is 1. The zero-order chi connectivity index (χ0) is 11.5. The van der Waals surface area contributed by atoms with Crippen molar-refractivity contribution in [3.8, 4) is 0 Å². The Morgan fingerprint density at radius 2 is 2.33 bits per heavy atom. The highest BCUT2D eigenvalue weighted by molar-refractivity contribution is 7.16. The summed E-state index contributed by atoms with van der Waals surface area (Å²) in [6.45, 7) is 4.11. The fourth-order valence-corrected chi connectivity index (χ4v) is 2.00. The van der Waals surface area contributed by atoms with Crippen LogP contribution < -0.4 is 11.1 Å². The number of hydrogen-bond acceptors (Lipinski definition) is 3. The van der Waals surface area contributed by atoms with E-state index in [-0.39, 0.29) is 5.91 Å². The second-order valence-corrected chi connectivity index (χ2v) is 5.46. The van der Waals surface area contributed by atoms with Crippen LogP contribution in [0, 0.1) is 0 Å². The van der Waals surface area contributed by atoms with Gasteiger partial charge in [-0.3, -0.25) is 4.79 Å². The summed E-state index contributed by atoms with van der Waals surface area (Å²) in [4.78, 5) is 12.6. The molecular weight excluding hydrogens is 232 g/mol. The largest absolute Gasteiger partial charge is 0.350 e. The molecule has 0 radical (unpaired) electrons. The lowest BCUT2D eigenvalue weighted by molar-refractivity contribution is -0.126. The summed E-state index contributed by atoms with van der Waals surface area (Å²) in [7, 11) is 0. The first-order valence-electron chi connectivity index (χ1n) is 4.77. The molecule has 1 aromatic heterocycles. The van der Waals surface area contributed by atoms with Gasteiger partial charge in [-0.05, 0) is 25.5 Å². The standard InChI is InChI=1S/C10H15ClN2OS/c1-3-10(2,12)9(14)13-6-7-4-5-8(11)15-7/h4-5H,3,6,12H2,1-2H3,(H,13,14). The Balaban J connectivity index is 2.47. The average molecular weight is 247 g/mol. The number of carbonyl (C=O) groups is 1. The van der Waals surface area contributed by atoms with Gasteiger partial charge in [-0.25, -0.2) is 0 Å². The van der Waals surface area contributed by atoms with Crippen molar-refractivity contribution in [2.75, 3.05) is 0 Å². The van der Waals surface area contributed by atoms with Crippen LogP contribution in [0.1, 0.15) is 25.1 Å². The van der Waals surface area contributed by atoms with Crippen molar-refractivity contribution in [3.05, 3.63) is 21.3 Å². The lowest BCUT2D eigenvalue weighted by Crippen LogP contribution is -2.50. The van der Waals surface area contributed by atoms with Gasteiger partial charge in [-0.15, -0.1) is 11.3 Å². The molecule has 3 N–H and O–H groups in total. The third-order valence-electron chi connectivity index (χ3n) is 2.31. The van der Waals surface area contributed by atoms with Crippen LogP contribution in [-0.2, 0) is 11.3 Å². The molecule has 1 rings (SSSR count). The Bertz CT molecular complexity index is 349. The fraction of sp³-hybridized carbons (Fsp3) is 0.500. The van der Waals surface area contributed by atoms with Crippen LogP contribution in [0.5, 0.6) is 0 Å². The summed E-state index contributed by atoms with van der Waals surface area (Å²) in [6.07, 6.45) is 0.615. The molecule has 1 aromatic rings. The van der Waals surface area contributed by atoms with E-state index in [1.807, 2.05) is 19.1 Å². The van der Waals surface area contributed by atoms with E-state index in [0.29, 0.717) is 13.0 Å². The first-order chi connectivity index (χ1) is 6.95. The molecule has 0 aliphatic rings. The van der Waals surface area contributed by atoms with Crippen LogP contribution in [0.2, 0.25) is 4.34 Å². The number of amides is 1. The van der Waals surface area contributed by atoms with E-state index >= 15 is 0 Å². The van der Waals surface area contributed by atoms with Crippen molar-refractivity contribution in [3.63, 3.8) is 0 Å². The molecule has 0 fully saturated rings. The highest BCUT2D eigenvalue weighted by atomic mass is 35.5. The number of nitrogens with two attached hydrogens (primary N) is 1. The molecule has 0 spiro atoms. The molecule has 0 saturated heterocycles. The highest BCUT2D eigenvalue weighted by Gasteiger charge is 2.25. The molecule has 1 amide bonds. The van der Waals surface area contributed by atoms with Gasteiger partial charge < -0.3 is 11.1 Å². The van der Waals surface area contributed by atoms with Crippen LogP contribution in [0.15, 0.2) is 12.1 Å². The average Bonchev–Trinajstić information content (AvgIpc) is 2.60. The van der Waals surface area contributed by atoms with Gasteiger partial charge in [0, 0.05) is 4.88 Å². The van der Waals surface area contributed by atoms with Crippen LogP contribution in [-0.4, -0.2) is 11.4 Å². The lowest BCUT2D eigenvalue weighted by atomic mass is 10.00.